The molecule has 0 aliphatic carbocycles. The van der Waals surface area contributed by atoms with E-state index in [1.807, 2.05) is 25.1 Å². The van der Waals surface area contributed by atoms with Crippen LogP contribution in [-0.2, 0) is 16.1 Å². The van der Waals surface area contributed by atoms with E-state index < -0.39 is 0 Å². The molecule has 31 heavy (non-hydrogen) atoms. The van der Waals surface area contributed by atoms with Gasteiger partial charge in [0.05, 0.1) is 6.04 Å². The summed E-state index contributed by atoms with van der Waals surface area (Å²) in [6.07, 6.45) is 0.936. The van der Waals surface area contributed by atoms with Crippen LogP contribution in [0.4, 0.5) is 0 Å². The van der Waals surface area contributed by atoms with Crippen LogP contribution < -0.4 is 5.56 Å². The molecule has 2 unspecified atom stereocenters. The molecule has 2 fully saturated rings. The van der Waals surface area contributed by atoms with Crippen LogP contribution in [0.3, 0.4) is 0 Å². The van der Waals surface area contributed by atoms with Crippen molar-refractivity contribution in [3.8, 4) is 11.3 Å². The normalized spacial score (nSPS) is 21.8. The maximum Gasteiger partial charge on any atom is 0.293 e. The Hall–Kier alpha value is -2.96. The molecule has 3 heterocycles. The first-order chi connectivity index (χ1) is 15.1. The van der Waals surface area contributed by atoms with Gasteiger partial charge < -0.3 is 9.72 Å². The average Bonchev–Trinajstić information content (AvgIpc) is 3.17. The van der Waals surface area contributed by atoms with Gasteiger partial charge in [0.25, 0.3) is 12.0 Å². The quantitative estimate of drug-likeness (QED) is 0.647. The van der Waals surface area contributed by atoms with Crippen LogP contribution in [0.15, 0.2) is 53.3 Å². The first-order valence-electron chi connectivity index (χ1n) is 10.9. The number of ether oxygens (including phenoxy) is 1. The third kappa shape index (κ3) is 3.89. The lowest BCUT2D eigenvalue weighted by atomic mass is 10.0. The van der Waals surface area contributed by atoms with Crippen molar-refractivity contribution in [1.29, 1.82) is 0 Å². The van der Waals surface area contributed by atoms with E-state index in [1.54, 1.807) is 0 Å². The summed E-state index contributed by atoms with van der Waals surface area (Å²) in [5.41, 5.74) is 4.13. The largest absolute Gasteiger partial charge is 0.463 e. The van der Waals surface area contributed by atoms with Crippen LogP contribution in [0, 0.1) is 6.92 Å². The van der Waals surface area contributed by atoms with Crippen LogP contribution in [0.25, 0.3) is 22.0 Å². The molecule has 6 nitrogen and oxygen atoms in total. The fraction of sp³-hybridized carbons (Fsp3) is 0.360. The second-order valence-corrected chi connectivity index (χ2v) is 8.64. The monoisotopic (exact) mass is 417 g/mol. The highest BCUT2D eigenvalue weighted by molar-refractivity contribution is 5.87. The van der Waals surface area contributed by atoms with E-state index in [4.69, 9.17) is 4.74 Å². The topological polar surface area (TPSA) is 65.6 Å². The lowest BCUT2D eigenvalue weighted by molar-refractivity contribution is -0.135. The van der Waals surface area contributed by atoms with Crippen LogP contribution in [0.5, 0.6) is 0 Å². The number of pyridine rings is 1. The number of hydrogen-bond acceptors (Lipinski definition) is 5. The van der Waals surface area contributed by atoms with E-state index in [0.29, 0.717) is 12.5 Å². The second kappa shape index (κ2) is 8.29. The molecule has 0 radical (unpaired) electrons. The standard InChI is InChI=1S/C25H27N3O3/c1-17-3-2-4-20-21(17)13-22(26-25(20)30)19-7-5-18(6-8-19)14-27-11-12-28-10-9-24(31-16-29)23(28)15-27/h2-8,13,16,23-24H,9-12,14-15H2,1H3,(H,26,30). The fourth-order valence-electron chi connectivity index (χ4n) is 5.04. The summed E-state index contributed by atoms with van der Waals surface area (Å²) in [5.74, 6) is 0. The molecular formula is C25H27N3O3. The first kappa shape index (κ1) is 20.0. The molecule has 0 saturated carbocycles. The van der Waals surface area contributed by atoms with Gasteiger partial charge in [0.2, 0.25) is 0 Å². The zero-order valence-corrected chi connectivity index (χ0v) is 17.7. The zero-order valence-electron chi connectivity index (χ0n) is 17.7. The molecule has 0 bridgehead atoms. The smallest absolute Gasteiger partial charge is 0.293 e. The van der Waals surface area contributed by atoms with E-state index in [2.05, 4.69) is 45.1 Å². The number of carbonyl (C=O) groups is 1. The molecule has 2 saturated heterocycles. The molecule has 2 aromatic carbocycles. The highest BCUT2D eigenvalue weighted by atomic mass is 16.5. The number of benzene rings is 2. The Labute approximate surface area is 181 Å². The summed E-state index contributed by atoms with van der Waals surface area (Å²) >= 11 is 0. The number of aromatic nitrogens is 1. The molecule has 5 rings (SSSR count). The Balaban J connectivity index is 1.32. The average molecular weight is 418 g/mol. The van der Waals surface area contributed by atoms with Crippen LogP contribution in [-0.4, -0.2) is 59.6 Å². The Morgan fingerprint density at radius 3 is 2.74 bits per heavy atom. The van der Waals surface area contributed by atoms with Gasteiger partial charge in [-0.15, -0.1) is 0 Å². The minimum atomic E-state index is -0.0539. The molecular weight excluding hydrogens is 390 g/mol. The number of hydrogen-bond donors (Lipinski definition) is 1. The molecule has 160 valence electrons. The fourth-order valence-corrected chi connectivity index (χ4v) is 5.04. The number of piperazine rings is 1. The lowest BCUT2D eigenvalue weighted by Crippen LogP contribution is -2.53. The number of aryl methyl sites for hydroxylation is 1. The van der Waals surface area contributed by atoms with Gasteiger partial charge in [-0.05, 0) is 47.6 Å². The maximum atomic E-state index is 12.5. The van der Waals surface area contributed by atoms with Crippen LogP contribution >= 0.6 is 0 Å². The number of fused-ring (bicyclic) bond motifs is 2. The summed E-state index contributed by atoms with van der Waals surface area (Å²) in [4.78, 5) is 31.2. The Morgan fingerprint density at radius 1 is 1.10 bits per heavy atom. The van der Waals surface area contributed by atoms with Gasteiger partial charge in [0.1, 0.15) is 6.10 Å². The Morgan fingerprint density at radius 2 is 1.94 bits per heavy atom. The molecule has 0 spiro atoms. The van der Waals surface area contributed by atoms with Gasteiger partial charge in [0, 0.05) is 43.8 Å². The minimum absolute atomic E-state index is 0.0101. The predicted molar refractivity (Wildman–Crippen MR) is 121 cm³/mol. The summed E-state index contributed by atoms with van der Waals surface area (Å²) in [5, 5.41) is 1.72. The third-order valence-corrected chi connectivity index (χ3v) is 6.75. The van der Waals surface area contributed by atoms with Crippen molar-refractivity contribution in [2.24, 2.45) is 0 Å². The van der Waals surface area contributed by atoms with E-state index >= 15 is 0 Å². The first-order valence-corrected chi connectivity index (χ1v) is 10.9. The summed E-state index contributed by atoms with van der Waals surface area (Å²) in [6, 6.07) is 16.6. The third-order valence-electron chi connectivity index (χ3n) is 6.75. The van der Waals surface area contributed by atoms with E-state index in [-0.39, 0.29) is 11.7 Å². The van der Waals surface area contributed by atoms with Crippen LogP contribution in [0.1, 0.15) is 17.5 Å². The van der Waals surface area contributed by atoms with Gasteiger partial charge in [-0.1, -0.05) is 36.4 Å². The van der Waals surface area contributed by atoms with Crippen molar-refractivity contribution in [2.75, 3.05) is 26.2 Å². The van der Waals surface area contributed by atoms with Crippen LogP contribution in [0.2, 0.25) is 0 Å². The molecule has 2 atom stereocenters. The highest BCUT2D eigenvalue weighted by Crippen LogP contribution is 2.26. The van der Waals surface area contributed by atoms with Crippen molar-refractivity contribution >= 4 is 17.2 Å². The number of rotatable bonds is 5. The summed E-state index contributed by atoms with van der Waals surface area (Å²) in [7, 11) is 0. The van der Waals surface area contributed by atoms with Gasteiger partial charge in [-0.2, -0.15) is 0 Å². The second-order valence-electron chi connectivity index (χ2n) is 8.64. The molecule has 6 heteroatoms. The summed E-state index contributed by atoms with van der Waals surface area (Å²) < 4.78 is 5.31. The van der Waals surface area contributed by atoms with E-state index in [9.17, 15) is 9.59 Å². The van der Waals surface area contributed by atoms with Crippen molar-refractivity contribution in [3.63, 3.8) is 0 Å². The highest BCUT2D eigenvalue weighted by Gasteiger charge is 2.39. The molecule has 3 aromatic rings. The maximum absolute atomic E-state index is 12.5. The molecule has 1 N–H and O–H groups in total. The Bertz CT molecular complexity index is 1150. The molecule has 2 aliphatic rings. The van der Waals surface area contributed by atoms with Gasteiger partial charge in [-0.3, -0.25) is 19.4 Å². The van der Waals surface area contributed by atoms with Crippen molar-refractivity contribution in [2.45, 2.75) is 32.0 Å². The van der Waals surface area contributed by atoms with Crippen molar-refractivity contribution in [1.82, 2.24) is 14.8 Å². The molecule has 1 aromatic heterocycles. The van der Waals surface area contributed by atoms with Crippen molar-refractivity contribution < 1.29 is 9.53 Å². The van der Waals surface area contributed by atoms with E-state index in [1.165, 1.54) is 5.56 Å². The molecule has 0 amide bonds. The number of carbonyl (C=O) groups excluding carboxylic acids is 1. The number of nitrogens with zero attached hydrogens (tertiary/aromatic N) is 2. The van der Waals surface area contributed by atoms with Gasteiger partial charge in [-0.25, -0.2) is 0 Å². The Kier molecular flexibility index (Phi) is 5.34. The van der Waals surface area contributed by atoms with Gasteiger partial charge in [0.15, 0.2) is 0 Å². The number of nitrogens with one attached hydrogen (secondary N) is 1. The summed E-state index contributed by atoms with van der Waals surface area (Å²) in [6.45, 7) is 7.44. The number of H-pyrrole nitrogens is 1. The van der Waals surface area contributed by atoms with Gasteiger partial charge >= 0.3 is 0 Å². The minimum Gasteiger partial charge on any atom is -0.463 e. The SMILES string of the molecule is Cc1cccc2c(=O)[nH]c(-c3ccc(CN4CCN5CCC(OC=O)C5C4)cc3)cc12. The lowest BCUT2D eigenvalue weighted by Gasteiger charge is -2.38. The number of aromatic amines is 1. The van der Waals surface area contributed by atoms with Crippen molar-refractivity contribution in [3.05, 3.63) is 70.0 Å². The zero-order chi connectivity index (χ0) is 21.4. The van der Waals surface area contributed by atoms with E-state index in [0.717, 1.165) is 66.7 Å². The molecule has 2 aliphatic heterocycles. The predicted octanol–water partition coefficient (Wildman–Crippen LogP) is 2.94.